The van der Waals surface area contributed by atoms with Crippen LogP contribution in [0.15, 0.2) is 30.3 Å². The van der Waals surface area contributed by atoms with Gasteiger partial charge in [0.25, 0.3) is 0 Å². The summed E-state index contributed by atoms with van der Waals surface area (Å²) in [5.41, 5.74) is 0.794. The maximum atomic E-state index is 12.5. The molecular weight excluding hydrogens is 272 g/mol. The zero-order valence-electron chi connectivity index (χ0n) is 12.0. The number of rotatable bonds is 4. The summed E-state index contributed by atoms with van der Waals surface area (Å²) in [5.74, 6) is 0.0501. The van der Waals surface area contributed by atoms with Gasteiger partial charge in [0.15, 0.2) is 0 Å². The topological polar surface area (TPSA) is 76.0 Å². The Hall–Kier alpha value is -2.69. The number of aryl methyl sites for hydroxylation is 1. The third-order valence-electron chi connectivity index (χ3n) is 3.20. The Bertz CT molecular complexity index is 668. The van der Waals surface area contributed by atoms with Crippen molar-refractivity contribution in [1.82, 2.24) is 0 Å². The Morgan fingerprint density at radius 3 is 2.10 bits per heavy atom. The zero-order chi connectivity index (χ0) is 15.6. The molecule has 0 bridgehead atoms. The molecule has 0 amide bonds. The largest absolute Gasteiger partial charge is 0.507 e. The number of ketones is 1. The first-order chi connectivity index (χ1) is 9.97. The molecular formula is C16H16O5. The molecule has 0 fully saturated rings. The van der Waals surface area contributed by atoms with Crippen LogP contribution in [0.4, 0.5) is 0 Å². The van der Waals surface area contributed by atoms with Crippen molar-refractivity contribution < 1.29 is 24.5 Å². The molecule has 0 radical (unpaired) electrons. The number of methoxy groups -OCH3 is 2. The normalized spacial score (nSPS) is 10.2. The number of hydrogen-bond donors (Lipinski definition) is 2. The maximum Gasteiger partial charge on any atom is 0.200 e. The van der Waals surface area contributed by atoms with E-state index in [-0.39, 0.29) is 22.6 Å². The van der Waals surface area contributed by atoms with E-state index in [4.69, 9.17) is 9.47 Å². The van der Waals surface area contributed by atoms with Gasteiger partial charge in [-0.2, -0.15) is 0 Å². The molecule has 0 saturated heterocycles. The van der Waals surface area contributed by atoms with Crippen LogP contribution in [0.25, 0.3) is 0 Å². The molecule has 110 valence electrons. The molecule has 2 aromatic carbocycles. The lowest BCUT2D eigenvalue weighted by Gasteiger charge is -2.11. The summed E-state index contributed by atoms with van der Waals surface area (Å²) in [6.45, 7) is 1.69. The van der Waals surface area contributed by atoms with Crippen molar-refractivity contribution in [3.05, 3.63) is 47.0 Å². The summed E-state index contributed by atoms with van der Waals surface area (Å²) < 4.78 is 10.0. The van der Waals surface area contributed by atoms with E-state index in [1.807, 2.05) is 0 Å². The summed E-state index contributed by atoms with van der Waals surface area (Å²) in [6, 6.07) is 7.39. The second kappa shape index (κ2) is 5.75. The number of ether oxygens (including phenoxy) is 2. The van der Waals surface area contributed by atoms with Crippen molar-refractivity contribution in [3.8, 4) is 23.0 Å². The molecule has 0 unspecified atom stereocenters. The molecule has 0 spiro atoms. The van der Waals surface area contributed by atoms with Crippen LogP contribution < -0.4 is 9.47 Å². The first-order valence-corrected chi connectivity index (χ1v) is 6.27. The molecule has 5 heteroatoms. The lowest BCUT2D eigenvalue weighted by atomic mass is 9.97. The lowest BCUT2D eigenvalue weighted by molar-refractivity contribution is 0.103. The summed E-state index contributed by atoms with van der Waals surface area (Å²) in [5, 5.41) is 19.9. The Balaban J connectivity index is 2.50. The highest BCUT2D eigenvalue weighted by atomic mass is 16.5. The fourth-order valence-corrected chi connectivity index (χ4v) is 2.11. The van der Waals surface area contributed by atoms with Gasteiger partial charge in [0.05, 0.1) is 25.3 Å². The molecule has 0 saturated carbocycles. The van der Waals surface area contributed by atoms with E-state index in [0.717, 1.165) is 0 Å². The number of hydrogen-bond acceptors (Lipinski definition) is 5. The number of phenols is 2. The molecule has 0 aliphatic heterocycles. The Morgan fingerprint density at radius 1 is 0.952 bits per heavy atom. The Labute approximate surface area is 122 Å². The van der Waals surface area contributed by atoms with Gasteiger partial charge in [-0.15, -0.1) is 0 Å². The smallest absolute Gasteiger partial charge is 0.200 e. The van der Waals surface area contributed by atoms with E-state index in [2.05, 4.69) is 0 Å². The van der Waals surface area contributed by atoms with Crippen molar-refractivity contribution >= 4 is 5.78 Å². The molecule has 0 atom stereocenters. The zero-order valence-corrected chi connectivity index (χ0v) is 12.0. The van der Waals surface area contributed by atoms with Crippen LogP contribution in [0.3, 0.4) is 0 Å². The van der Waals surface area contributed by atoms with Crippen LogP contribution in [0.5, 0.6) is 23.0 Å². The number of aromatic hydroxyl groups is 2. The van der Waals surface area contributed by atoms with Crippen LogP contribution in [0.2, 0.25) is 0 Å². The van der Waals surface area contributed by atoms with Gasteiger partial charge in [-0.05, 0) is 30.7 Å². The third-order valence-corrected chi connectivity index (χ3v) is 3.20. The summed E-state index contributed by atoms with van der Waals surface area (Å²) in [6.07, 6.45) is 0. The molecule has 5 nitrogen and oxygen atoms in total. The van der Waals surface area contributed by atoms with Gasteiger partial charge in [0, 0.05) is 12.1 Å². The van der Waals surface area contributed by atoms with Crippen molar-refractivity contribution in [2.75, 3.05) is 14.2 Å². The molecule has 2 rings (SSSR count). The molecule has 0 aliphatic rings. The van der Waals surface area contributed by atoms with Gasteiger partial charge in [-0.1, -0.05) is 0 Å². The minimum Gasteiger partial charge on any atom is -0.507 e. The second-order valence-electron chi connectivity index (χ2n) is 4.55. The number of phenolic OH excluding ortho intramolecular Hbond substituents is 2. The van der Waals surface area contributed by atoms with Crippen LogP contribution in [0, 0.1) is 6.92 Å². The van der Waals surface area contributed by atoms with Gasteiger partial charge in [-0.3, -0.25) is 4.79 Å². The van der Waals surface area contributed by atoms with Gasteiger partial charge >= 0.3 is 0 Å². The quantitative estimate of drug-likeness (QED) is 0.846. The Kier molecular flexibility index (Phi) is 4.03. The van der Waals surface area contributed by atoms with E-state index < -0.39 is 5.78 Å². The van der Waals surface area contributed by atoms with Gasteiger partial charge in [-0.25, -0.2) is 0 Å². The van der Waals surface area contributed by atoms with E-state index in [1.54, 1.807) is 19.1 Å². The van der Waals surface area contributed by atoms with Crippen LogP contribution in [-0.2, 0) is 0 Å². The standard InChI is InChI=1S/C16H16O5/c1-9-6-11(21-3)8-14(18)15(9)16(19)12-5-4-10(20-2)7-13(12)17/h4-8,17-18H,1-3H3. The van der Waals surface area contributed by atoms with Crippen molar-refractivity contribution in [2.45, 2.75) is 6.92 Å². The van der Waals surface area contributed by atoms with Crippen LogP contribution in [-0.4, -0.2) is 30.2 Å². The van der Waals surface area contributed by atoms with Gasteiger partial charge in [0.2, 0.25) is 5.78 Å². The molecule has 0 heterocycles. The van der Waals surface area contributed by atoms with Crippen molar-refractivity contribution in [3.63, 3.8) is 0 Å². The van der Waals surface area contributed by atoms with Gasteiger partial charge in [0.1, 0.15) is 23.0 Å². The van der Waals surface area contributed by atoms with E-state index in [9.17, 15) is 15.0 Å². The fraction of sp³-hybridized carbons (Fsp3) is 0.188. The monoisotopic (exact) mass is 288 g/mol. The molecule has 2 N–H and O–H groups in total. The summed E-state index contributed by atoms with van der Waals surface area (Å²) in [7, 11) is 2.95. The highest BCUT2D eigenvalue weighted by Gasteiger charge is 2.20. The summed E-state index contributed by atoms with van der Waals surface area (Å²) in [4.78, 5) is 12.5. The lowest BCUT2D eigenvalue weighted by Crippen LogP contribution is -2.05. The third kappa shape index (κ3) is 2.76. The molecule has 2 aromatic rings. The van der Waals surface area contributed by atoms with E-state index >= 15 is 0 Å². The molecule has 0 aromatic heterocycles. The molecule has 0 aliphatic carbocycles. The highest BCUT2D eigenvalue weighted by Crippen LogP contribution is 2.32. The number of carbonyl (C=O) groups excluding carboxylic acids is 1. The number of carbonyl (C=O) groups is 1. The first-order valence-electron chi connectivity index (χ1n) is 6.27. The van der Waals surface area contributed by atoms with Crippen molar-refractivity contribution in [2.24, 2.45) is 0 Å². The second-order valence-corrected chi connectivity index (χ2v) is 4.55. The minimum absolute atomic E-state index is 0.0966. The average Bonchev–Trinajstić information content (AvgIpc) is 2.45. The molecule has 21 heavy (non-hydrogen) atoms. The highest BCUT2D eigenvalue weighted by molar-refractivity contribution is 6.13. The SMILES string of the molecule is COc1ccc(C(=O)c2c(C)cc(OC)cc2O)c(O)c1. The predicted octanol–water partition coefficient (Wildman–Crippen LogP) is 2.65. The number of benzene rings is 2. The predicted molar refractivity (Wildman–Crippen MR) is 77.5 cm³/mol. The van der Waals surface area contributed by atoms with Crippen LogP contribution in [0.1, 0.15) is 21.5 Å². The van der Waals surface area contributed by atoms with Crippen LogP contribution >= 0.6 is 0 Å². The maximum absolute atomic E-state index is 12.5. The van der Waals surface area contributed by atoms with E-state index in [0.29, 0.717) is 17.1 Å². The Morgan fingerprint density at radius 2 is 1.57 bits per heavy atom. The average molecular weight is 288 g/mol. The first kappa shape index (κ1) is 14.7. The van der Waals surface area contributed by atoms with Gasteiger partial charge < -0.3 is 19.7 Å². The fourth-order valence-electron chi connectivity index (χ4n) is 2.11. The minimum atomic E-state index is -0.465. The van der Waals surface area contributed by atoms with Crippen molar-refractivity contribution in [1.29, 1.82) is 0 Å². The van der Waals surface area contributed by atoms with E-state index in [1.165, 1.54) is 32.4 Å². The summed E-state index contributed by atoms with van der Waals surface area (Å²) >= 11 is 0.